The van der Waals surface area contributed by atoms with Crippen LogP contribution in [-0.4, -0.2) is 46.1 Å². The first-order valence-corrected chi connectivity index (χ1v) is 8.05. The number of carbonyl (C=O) groups is 1. The summed E-state index contributed by atoms with van der Waals surface area (Å²) in [5, 5.41) is 6.97. The van der Waals surface area contributed by atoms with E-state index in [0.717, 1.165) is 19.4 Å². The van der Waals surface area contributed by atoms with Crippen LogP contribution in [0.25, 0.3) is 0 Å². The standard InChI is InChI=1S/C15H24N4O2/c1-11-16-15(21-18-11)7-4-6-14(20)17-12-8-10-19-9-3-2-5-13(12)19/h12-13H,2-10H2,1H3,(H,17,20). The number of nitrogens with one attached hydrogen (secondary N) is 1. The molecule has 1 N–H and O–H groups in total. The predicted octanol–water partition coefficient (Wildman–Crippen LogP) is 1.44. The van der Waals surface area contributed by atoms with E-state index in [1.165, 1.54) is 25.8 Å². The second-order valence-electron chi connectivity index (χ2n) is 6.15. The molecule has 0 aromatic carbocycles. The molecular weight excluding hydrogens is 268 g/mol. The van der Waals surface area contributed by atoms with Gasteiger partial charge in [-0.3, -0.25) is 9.69 Å². The number of aromatic nitrogens is 2. The molecule has 0 saturated carbocycles. The van der Waals surface area contributed by atoms with Crippen molar-refractivity contribution < 1.29 is 9.32 Å². The molecule has 6 heteroatoms. The van der Waals surface area contributed by atoms with E-state index in [9.17, 15) is 4.79 Å². The number of hydrogen-bond donors (Lipinski definition) is 1. The summed E-state index contributed by atoms with van der Waals surface area (Å²) in [7, 11) is 0. The topological polar surface area (TPSA) is 71.3 Å². The normalized spacial score (nSPS) is 25.8. The molecule has 0 bridgehead atoms. The second-order valence-corrected chi connectivity index (χ2v) is 6.15. The summed E-state index contributed by atoms with van der Waals surface area (Å²) < 4.78 is 5.05. The van der Waals surface area contributed by atoms with Crippen molar-refractivity contribution in [2.24, 2.45) is 0 Å². The maximum atomic E-state index is 12.1. The van der Waals surface area contributed by atoms with E-state index in [1.807, 2.05) is 0 Å². The molecule has 2 fully saturated rings. The first kappa shape index (κ1) is 14.5. The summed E-state index contributed by atoms with van der Waals surface area (Å²) in [5.74, 6) is 1.43. The number of rotatable bonds is 5. The molecule has 1 amide bonds. The highest BCUT2D eigenvalue weighted by Crippen LogP contribution is 2.27. The van der Waals surface area contributed by atoms with Crippen LogP contribution in [-0.2, 0) is 11.2 Å². The third-order valence-corrected chi connectivity index (χ3v) is 4.57. The zero-order valence-corrected chi connectivity index (χ0v) is 12.7. The number of nitrogens with zero attached hydrogens (tertiary/aromatic N) is 3. The van der Waals surface area contributed by atoms with Gasteiger partial charge < -0.3 is 9.84 Å². The van der Waals surface area contributed by atoms with Crippen molar-refractivity contribution in [1.29, 1.82) is 0 Å². The van der Waals surface area contributed by atoms with Gasteiger partial charge in [-0.05, 0) is 39.2 Å². The summed E-state index contributed by atoms with van der Waals surface area (Å²) in [6, 6.07) is 0.921. The summed E-state index contributed by atoms with van der Waals surface area (Å²) >= 11 is 0. The molecule has 0 radical (unpaired) electrons. The predicted molar refractivity (Wildman–Crippen MR) is 77.7 cm³/mol. The van der Waals surface area contributed by atoms with Gasteiger partial charge in [0, 0.05) is 31.5 Å². The Balaban J connectivity index is 1.40. The molecule has 2 aliphatic heterocycles. The Morgan fingerprint density at radius 3 is 3.10 bits per heavy atom. The molecule has 2 saturated heterocycles. The number of hydrogen-bond acceptors (Lipinski definition) is 5. The van der Waals surface area contributed by atoms with Crippen molar-refractivity contribution in [3.63, 3.8) is 0 Å². The Hall–Kier alpha value is -1.43. The lowest BCUT2D eigenvalue weighted by molar-refractivity contribution is -0.122. The zero-order chi connectivity index (χ0) is 14.7. The molecule has 1 aromatic rings. The highest BCUT2D eigenvalue weighted by atomic mass is 16.5. The van der Waals surface area contributed by atoms with Gasteiger partial charge in [-0.15, -0.1) is 0 Å². The maximum Gasteiger partial charge on any atom is 0.226 e. The molecule has 2 atom stereocenters. The first-order chi connectivity index (χ1) is 10.2. The Labute approximate surface area is 125 Å². The summed E-state index contributed by atoms with van der Waals surface area (Å²) in [6.07, 6.45) is 6.89. The Morgan fingerprint density at radius 2 is 2.29 bits per heavy atom. The van der Waals surface area contributed by atoms with Crippen LogP contribution >= 0.6 is 0 Å². The molecular formula is C15H24N4O2. The molecule has 6 nitrogen and oxygen atoms in total. The summed E-state index contributed by atoms with van der Waals surface area (Å²) in [4.78, 5) is 18.8. The Kier molecular flexibility index (Phi) is 4.53. The highest BCUT2D eigenvalue weighted by Gasteiger charge is 2.35. The molecule has 3 rings (SSSR count). The van der Waals surface area contributed by atoms with Crippen LogP contribution in [0.15, 0.2) is 4.52 Å². The maximum absolute atomic E-state index is 12.1. The zero-order valence-electron chi connectivity index (χ0n) is 12.7. The lowest BCUT2D eigenvalue weighted by atomic mass is 9.99. The third kappa shape index (κ3) is 3.61. The fourth-order valence-electron chi connectivity index (χ4n) is 3.54. The van der Waals surface area contributed by atoms with Crippen LogP contribution < -0.4 is 5.32 Å². The molecule has 3 heterocycles. The van der Waals surface area contributed by atoms with Gasteiger partial charge in [0.25, 0.3) is 0 Å². The lowest BCUT2D eigenvalue weighted by Gasteiger charge is -2.32. The number of amides is 1. The monoisotopic (exact) mass is 292 g/mol. The number of piperidine rings is 1. The van der Waals surface area contributed by atoms with E-state index in [-0.39, 0.29) is 5.91 Å². The van der Waals surface area contributed by atoms with Gasteiger partial charge in [-0.25, -0.2) is 0 Å². The summed E-state index contributed by atoms with van der Waals surface area (Å²) in [5.41, 5.74) is 0. The molecule has 2 aliphatic rings. The quantitative estimate of drug-likeness (QED) is 0.889. The van der Waals surface area contributed by atoms with E-state index < -0.39 is 0 Å². The van der Waals surface area contributed by atoms with Crippen molar-refractivity contribution in [2.75, 3.05) is 13.1 Å². The van der Waals surface area contributed by atoms with Gasteiger partial charge in [0.2, 0.25) is 11.8 Å². The second kappa shape index (κ2) is 6.56. The molecule has 21 heavy (non-hydrogen) atoms. The molecule has 116 valence electrons. The van der Waals surface area contributed by atoms with Gasteiger partial charge >= 0.3 is 0 Å². The van der Waals surface area contributed by atoms with Crippen molar-refractivity contribution in [1.82, 2.24) is 20.4 Å². The molecule has 0 spiro atoms. The minimum Gasteiger partial charge on any atom is -0.352 e. The number of carbonyl (C=O) groups excluding carboxylic acids is 1. The minimum atomic E-state index is 0.156. The molecule has 0 aliphatic carbocycles. The van der Waals surface area contributed by atoms with Crippen molar-refractivity contribution in [2.45, 2.75) is 64.0 Å². The molecule has 2 unspecified atom stereocenters. The summed E-state index contributed by atoms with van der Waals surface area (Å²) in [6.45, 7) is 4.14. The lowest BCUT2D eigenvalue weighted by Crippen LogP contribution is -2.46. The van der Waals surface area contributed by atoms with Crippen molar-refractivity contribution in [3.05, 3.63) is 11.7 Å². The van der Waals surface area contributed by atoms with E-state index in [0.29, 0.717) is 36.6 Å². The Morgan fingerprint density at radius 1 is 1.38 bits per heavy atom. The smallest absolute Gasteiger partial charge is 0.226 e. The van der Waals surface area contributed by atoms with Crippen molar-refractivity contribution in [3.8, 4) is 0 Å². The van der Waals surface area contributed by atoms with Crippen LogP contribution in [0.3, 0.4) is 0 Å². The fraction of sp³-hybridized carbons (Fsp3) is 0.800. The van der Waals surface area contributed by atoms with Gasteiger partial charge in [-0.1, -0.05) is 11.6 Å². The van der Waals surface area contributed by atoms with E-state index in [1.54, 1.807) is 6.92 Å². The average molecular weight is 292 g/mol. The van der Waals surface area contributed by atoms with Crippen molar-refractivity contribution >= 4 is 5.91 Å². The van der Waals surface area contributed by atoms with Crippen LogP contribution in [0.4, 0.5) is 0 Å². The SMILES string of the molecule is Cc1noc(CCCC(=O)NC2CCN3CCCCC23)n1. The van der Waals surface area contributed by atoms with Gasteiger partial charge in [0.15, 0.2) is 5.82 Å². The average Bonchev–Trinajstić information content (AvgIpc) is 3.06. The van der Waals surface area contributed by atoms with Crippen LogP contribution in [0.2, 0.25) is 0 Å². The van der Waals surface area contributed by atoms with Gasteiger partial charge in [0.1, 0.15) is 0 Å². The van der Waals surface area contributed by atoms with Crippen LogP contribution in [0, 0.1) is 6.92 Å². The largest absolute Gasteiger partial charge is 0.352 e. The minimum absolute atomic E-state index is 0.156. The van der Waals surface area contributed by atoms with E-state index >= 15 is 0 Å². The third-order valence-electron chi connectivity index (χ3n) is 4.57. The fourth-order valence-corrected chi connectivity index (χ4v) is 3.54. The van der Waals surface area contributed by atoms with Crippen LogP contribution in [0.1, 0.15) is 50.2 Å². The van der Waals surface area contributed by atoms with Gasteiger partial charge in [0.05, 0.1) is 0 Å². The van der Waals surface area contributed by atoms with E-state index in [4.69, 9.17) is 4.52 Å². The molecule has 1 aromatic heterocycles. The number of fused-ring (bicyclic) bond motifs is 1. The first-order valence-electron chi connectivity index (χ1n) is 8.05. The van der Waals surface area contributed by atoms with Crippen LogP contribution in [0.5, 0.6) is 0 Å². The highest BCUT2D eigenvalue weighted by molar-refractivity contribution is 5.76. The van der Waals surface area contributed by atoms with Gasteiger partial charge in [-0.2, -0.15) is 4.98 Å². The Bertz CT molecular complexity index is 488. The number of aryl methyl sites for hydroxylation is 2. The van der Waals surface area contributed by atoms with E-state index in [2.05, 4.69) is 20.4 Å².